The topological polar surface area (TPSA) is 130 Å². The monoisotopic (exact) mass is 465 g/mol. The van der Waals surface area contributed by atoms with Crippen LogP contribution >= 0.6 is 11.8 Å². The fraction of sp³-hybridized carbons (Fsp3) is 0.273. The molecule has 0 spiro atoms. The van der Waals surface area contributed by atoms with Crippen molar-refractivity contribution < 1.29 is 13.6 Å². The second-order valence-electron chi connectivity index (χ2n) is 8.27. The summed E-state index contributed by atoms with van der Waals surface area (Å²) in [7, 11) is 0. The van der Waals surface area contributed by atoms with Gasteiger partial charge in [0.05, 0.1) is 21.4 Å². The fourth-order valence-electron chi connectivity index (χ4n) is 4.50. The zero-order chi connectivity index (χ0) is 23.5. The van der Waals surface area contributed by atoms with Gasteiger partial charge in [-0.15, -0.1) is 0 Å². The van der Waals surface area contributed by atoms with Crippen LogP contribution in [0.2, 0.25) is 0 Å². The lowest BCUT2D eigenvalue weighted by molar-refractivity contribution is -0.117. The molecule has 1 saturated carbocycles. The van der Waals surface area contributed by atoms with E-state index >= 15 is 4.39 Å². The molecule has 3 aromatic rings. The molecule has 1 aromatic carbocycles. The molecule has 2 aliphatic rings. The number of nitrogens with one attached hydrogen (secondary N) is 1. The number of halogens is 2. The third kappa shape index (κ3) is 3.21. The number of carbonyl (C=O) groups excluding carboxylic acids is 1. The van der Waals surface area contributed by atoms with Gasteiger partial charge in [-0.25, -0.2) is 23.7 Å². The lowest BCUT2D eigenvalue weighted by atomic mass is 9.85. The number of nitrogens with zero attached hydrogens (tertiary/aromatic N) is 5. The number of aromatic nitrogens is 3. The van der Waals surface area contributed by atoms with Crippen molar-refractivity contribution in [3.05, 3.63) is 53.5 Å². The standard InChI is InChI=1S/C22H17F2N7OS/c1-10(32)22-6-16(22)21(2,31-20(26)33-22)13-4-12(5-14(23)17(13)24)30-19-18-15(28-9-29-19)3-11(7-25)8-27-18/h3-5,8-9,16H,6H2,1-2H3,(H2,26,31)(H,28,29,30)/t16?,21-,22-/m1/s1. The molecule has 1 aliphatic heterocycles. The number of aliphatic imine (C=N–C) groups is 1. The lowest BCUT2D eigenvalue weighted by Crippen LogP contribution is -2.38. The van der Waals surface area contributed by atoms with Crippen LogP contribution in [0, 0.1) is 28.9 Å². The van der Waals surface area contributed by atoms with Gasteiger partial charge in [-0.1, -0.05) is 11.8 Å². The predicted octanol–water partition coefficient (Wildman–Crippen LogP) is 3.54. The van der Waals surface area contributed by atoms with E-state index in [9.17, 15) is 9.18 Å². The Bertz CT molecular complexity index is 1420. The minimum atomic E-state index is -1.21. The third-order valence-corrected chi connectivity index (χ3v) is 7.66. The van der Waals surface area contributed by atoms with Gasteiger partial charge in [0, 0.05) is 29.4 Å². The summed E-state index contributed by atoms with van der Waals surface area (Å²) in [6.07, 6.45) is 3.14. The summed E-state index contributed by atoms with van der Waals surface area (Å²) in [4.78, 5) is 29.2. The van der Waals surface area contributed by atoms with E-state index in [2.05, 4.69) is 25.3 Å². The molecule has 1 unspecified atom stereocenters. The Morgan fingerprint density at radius 3 is 2.82 bits per heavy atom. The summed E-state index contributed by atoms with van der Waals surface area (Å²) >= 11 is 1.19. The molecule has 3 N–H and O–H groups in total. The number of anilines is 2. The number of thioether (sulfide) groups is 1. The number of Topliss-reactive ketones (excluding diaryl/α,β-unsaturated/α-hetero) is 1. The smallest absolute Gasteiger partial charge is 0.164 e. The van der Waals surface area contributed by atoms with Crippen molar-refractivity contribution in [2.45, 2.75) is 30.6 Å². The Labute approximate surface area is 191 Å². The van der Waals surface area contributed by atoms with E-state index in [0.29, 0.717) is 23.0 Å². The summed E-state index contributed by atoms with van der Waals surface area (Å²) in [6.45, 7) is 3.15. The van der Waals surface area contributed by atoms with E-state index < -0.39 is 21.9 Å². The molecule has 1 aliphatic carbocycles. The lowest BCUT2D eigenvalue weighted by Gasteiger charge is -2.33. The fourth-order valence-corrected chi connectivity index (χ4v) is 5.87. The average Bonchev–Trinajstić information content (AvgIpc) is 3.53. The highest BCUT2D eigenvalue weighted by molar-refractivity contribution is 8.15. The van der Waals surface area contributed by atoms with Crippen molar-refractivity contribution >= 4 is 45.3 Å². The number of carbonyl (C=O) groups is 1. The molecular formula is C22H17F2N7OS. The van der Waals surface area contributed by atoms with E-state index in [1.54, 1.807) is 13.0 Å². The van der Waals surface area contributed by atoms with Crippen LogP contribution in [0.15, 0.2) is 35.7 Å². The normalized spacial score (nSPS) is 25.7. The summed E-state index contributed by atoms with van der Waals surface area (Å²) < 4.78 is 29.0. The van der Waals surface area contributed by atoms with Gasteiger partial charge in [0.25, 0.3) is 0 Å². The Morgan fingerprint density at radius 1 is 1.30 bits per heavy atom. The molecule has 8 nitrogen and oxygen atoms in total. The molecule has 2 aromatic heterocycles. The van der Waals surface area contributed by atoms with Crippen molar-refractivity contribution in [1.29, 1.82) is 5.26 Å². The number of pyridine rings is 1. The Kier molecular flexibility index (Phi) is 4.61. The number of amidine groups is 1. The van der Waals surface area contributed by atoms with E-state index in [0.717, 1.165) is 6.07 Å². The SMILES string of the molecule is CC(=O)[C@]12CC1[C@@](C)(c1cc(Nc3ncnc4cc(C#N)cnc34)cc(F)c1F)N=C(N)S2. The number of ketones is 1. The predicted molar refractivity (Wildman–Crippen MR) is 120 cm³/mol. The molecule has 166 valence electrons. The van der Waals surface area contributed by atoms with Crippen LogP contribution in [0.1, 0.15) is 31.4 Å². The molecule has 3 atom stereocenters. The largest absolute Gasteiger partial charge is 0.378 e. The van der Waals surface area contributed by atoms with E-state index in [1.165, 1.54) is 37.3 Å². The number of fused-ring (bicyclic) bond motifs is 2. The molecule has 1 fully saturated rings. The van der Waals surface area contributed by atoms with E-state index in [4.69, 9.17) is 11.0 Å². The van der Waals surface area contributed by atoms with E-state index in [-0.39, 0.29) is 33.9 Å². The minimum Gasteiger partial charge on any atom is -0.378 e. The summed E-state index contributed by atoms with van der Waals surface area (Å²) in [6, 6.07) is 6.00. The zero-order valence-electron chi connectivity index (χ0n) is 17.6. The number of nitrogens with two attached hydrogens (primary N) is 1. The summed E-state index contributed by atoms with van der Waals surface area (Å²) in [5.41, 5.74) is 6.13. The molecule has 33 heavy (non-hydrogen) atoms. The first-order valence-corrected chi connectivity index (χ1v) is 10.8. The van der Waals surface area contributed by atoms with Crippen molar-refractivity contribution in [2.75, 3.05) is 5.32 Å². The highest BCUT2D eigenvalue weighted by Crippen LogP contribution is 2.66. The molecule has 0 amide bonds. The number of rotatable bonds is 4. The maximum Gasteiger partial charge on any atom is 0.164 e. The summed E-state index contributed by atoms with van der Waals surface area (Å²) in [5.74, 6) is -2.23. The van der Waals surface area contributed by atoms with Gasteiger partial charge in [0.2, 0.25) is 0 Å². The Balaban J connectivity index is 1.59. The highest BCUT2D eigenvalue weighted by Gasteiger charge is 2.69. The molecule has 0 radical (unpaired) electrons. The molecule has 3 heterocycles. The summed E-state index contributed by atoms with van der Waals surface area (Å²) in [5, 5.41) is 12.2. The van der Waals surface area contributed by atoms with Crippen LogP contribution in [0.3, 0.4) is 0 Å². The number of nitriles is 1. The number of benzene rings is 1. The van der Waals surface area contributed by atoms with Gasteiger partial charge >= 0.3 is 0 Å². The molecular weight excluding hydrogens is 448 g/mol. The maximum atomic E-state index is 15.1. The quantitative estimate of drug-likeness (QED) is 0.598. The average molecular weight is 465 g/mol. The van der Waals surface area contributed by atoms with Gasteiger partial charge in [0.15, 0.2) is 22.6 Å². The Morgan fingerprint density at radius 2 is 2.09 bits per heavy atom. The molecule has 5 rings (SSSR count). The van der Waals surface area contributed by atoms with Crippen LogP contribution in [0.25, 0.3) is 11.0 Å². The molecule has 0 saturated heterocycles. The third-order valence-electron chi connectivity index (χ3n) is 6.25. The zero-order valence-corrected chi connectivity index (χ0v) is 18.4. The van der Waals surface area contributed by atoms with Crippen molar-refractivity contribution in [3.8, 4) is 6.07 Å². The minimum absolute atomic E-state index is 0.000498. The van der Waals surface area contributed by atoms with E-state index in [1.807, 2.05) is 6.07 Å². The van der Waals surface area contributed by atoms with Crippen LogP contribution in [-0.4, -0.2) is 30.6 Å². The van der Waals surface area contributed by atoms with Gasteiger partial charge in [-0.05, 0) is 32.4 Å². The first-order valence-electron chi connectivity index (χ1n) is 10.0. The Hall–Kier alpha value is -3.65. The number of hydrogen-bond acceptors (Lipinski definition) is 9. The first kappa shape index (κ1) is 21.2. The number of hydrogen-bond donors (Lipinski definition) is 2. The molecule has 11 heteroatoms. The van der Waals surface area contributed by atoms with Crippen molar-refractivity contribution in [1.82, 2.24) is 15.0 Å². The van der Waals surface area contributed by atoms with Gasteiger partial charge in [-0.2, -0.15) is 5.26 Å². The van der Waals surface area contributed by atoms with Gasteiger partial charge < -0.3 is 11.1 Å². The van der Waals surface area contributed by atoms with Crippen molar-refractivity contribution in [2.24, 2.45) is 16.6 Å². The van der Waals surface area contributed by atoms with Crippen LogP contribution < -0.4 is 11.1 Å². The van der Waals surface area contributed by atoms with Gasteiger partial charge in [-0.3, -0.25) is 9.79 Å². The maximum absolute atomic E-state index is 15.1. The second-order valence-corrected chi connectivity index (χ2v) is 9.62. The molecule has 0 bridgehead atoms. The van der Waals surface area contributed by atoms with Gasteiger partial charge in [0.1, 0.15) is 23.7 Å². The highest BCUT2D eigenvalue weighted by atomic mass is 32.2. The second kappa shape index (κ2) is 7.18. The van der Waals surface area contributed by atoms with Crippen LogP contribution in [0.4, 0.5) is 20.3 Å². The van der Waals surface area contributed by atoms with Crippen molar-refractivity contribution in [3.63, 3.8) is 0 Å². The van der Waals surface area contributed by atoms with Crippen LogP contribution in [-0.2, 0) is 10.3 Å². The van der Waals surface area contributed by atoms with Crippen LogP contribution in [0.5, 0.6) is 0 Å². The first-order chi connectivity index (χ1) is 15.7.